The van der Waals surface area contributed by atoms with E-state index >= 15 is 0 Å². The number of β-amino-alcohol motifs (C(OH)–C–C–N with tert-alkyl or cyclic N) is 1. The fraction of sp³-hybridized carbons (Fsp3) is 0.500. The second-order valence-corrected chi connectivity index (χ2v) is 6.32. The summed E-state index contributed by atoms with van der Waals surface area (Å²) in [5.41, 5.74) is 1.09. The van der Waals surface area contributed by atoms with E-state index in [1.54, 1.807) is 12.1 Å². The molecule has 0 saturated carbocycles. The number of rotatable bonds is 11. The predicted molar refractivity (Wildman–Crippen MR) is 106 cm³/mol. The van der Waals surface area contributed by atoms with E-state index in [4.69, 9.17) is 14.6 Å². The number of esters is 1. The van der Waals surface area contributed by atoms with E-state index in [-0.39, 0.29) is 36.9 Å². The highest BCUT2D eigenvalue weighted by Crippen LogP contribution is 2.24. The third-order valence-corrected chi connectivity index (χ3v) is 4.65. The lowest BCUT2D eigenvalue weighted by Crippen LogP contribution is -2.31. The minimum atomic E-state index is -0.562. The van der Waals surface area contributed by atoms with Crippen LogP contribution in [0.1, 0.15) is 13.8 Å². The zero-order valence-corrected chi connectivity index (χ0v) is 16.7. The largest absolute Gasteiger partial charge is 0.492 e. The van der Waals surface area contributed by atoms with Crippen molar-refractivity contribution in [1.29, 1.82) is 0 Å². The first-order valence-corrected chi connectivity index (χ1v) is 9.47. The summed E-state index contributed by atoms with van der Waals surface area (Å²) >= 11 is 0. The second-order valence-electron chi connectivity index (χ2n) is 6.32. The number of benzene rings is 1. The van der Waals surface area contributed by atoms with E-state index in [1.165, 1.54) is 12.0 Å². The lowest BCUT2D eigenvalue weighted by atomic mass is 10.2. The molecule has 1 heterocycles. The molecule has 0 bridgehead atoms. The summed E-state index contributed by atoms with van der Waals surface area (Å²) in [7, 11) is 1.27. The molecule has 2 rings (SSSR count). The molecular formula is C20H29N3O5. The average molecular weight is 391 g/mol. The molecule has 28 heavy (non-hydrogen) atoms. The Morgan fingerprint density at radius 1 is 1.25 bits per heavy atom. The van der Waals surface area contributed by atoms with Gasteiger partial charge in [-0.2, -0.15) is 0 Å². The Morgan fingerprint density at radius 2 is 1.93 bits per heavy atom. The SMILES string of the molecule is CCN(CC)CCOc1ccc(NC2=C(C(=O)OC)CN(CCO)C2=O)cc1. The van der Waals surface area contributed by atoms with Gasteiger partial charge in [0.15, 0.2) is 0 Å². The van der Waals surface area contributed by atoms with Crippen molar-refractivity contribution in [2.45, 2.75) is 13.8 Å². The van der Waals surface area contributed by atoms with Gasteiger partial charge in [-0.15, -0.1) is 0 Å². The van der Waals surface area contributed by atoms with Gasteiger partial charge in [-0.1, -0.05) is 13.8 Å². The van der Waals surface area contributed by atoms with Crippen LogP contribution in [0.15, 0.2) is 35.5 Å². The van der Waals surface area contributed by atoms with Crippen molar-refractivity contribution in [3.8, 4) is 5.75 Å². The number of hydrogen-bond acceptors (Lipinski definition) is 7. The van der Waals surface area contributed by atoms with Crippen molar-refractivity contribution >= 4 is 17.6 Å². The highest BCUT2D eigenvalue weighted by Gasteiger charge is 2.34. The number of carbonyl (C=O) groups is 2. The Bertz CT molecular complexity index is 698. The zero-order chi connectivity index (χ0) is 20.5. The summed E-state index contributed by atoms with van der Waals surface area (Å²) < 4.78 is 10.5. The first kappa shape index (κ1) is 21.7. The van der Waals surface area contributed by atoms with Crippen LogP contribution < -0.4 is 10.1 Å². The number of hydrogen-bond donors (Lipinski definition) is 2. The van der Waals surface area contributed by atoms with Crippen molar-refractivity contribution in [3.05, 3.63) is 35.5 Å². The molecule has 0 spiro atoms. The molecule has 1 aromatic carbocycles. The molecule has 8 heteroatoms. The normalized spacial score (nSPS) is 14.0. The fourth-order valence-electron chi connectivity index (χ4n) is 2.96. The van der Waals surface area contributed by atoms with Gasteiger partial charge < -0.3 is 29.7 Å². The van der Waals surface area contributed by atoms with Crippen LogP contribution in [0, 0.1) is 0 Å². The number of likely N-dealkylation sites (N-methyl/N-ethyl adjacent to an activating group) is 1. The van der Waals surface area contributed by atoms with Crippen LogP contribution in [0.5, 0.6) is 5.75 Å². The molecule has 0 unspecified atom stereocenters. The van der Waals surface area contributed by atoms with Gasteiger partial charge in [0.1, 0.15) is 18.1 Å². The van der Waals surface area contributed by atoms with E-state index in [2.05, 4.69) is 24.1 Å². The number of aliphatic hydroxyl groups excluding tert-OH is 1. The number of ether oxygens (including phenoxy) is 2. The van der Waals surface area contributed by atoms with E-state index in [1.807, 2.05) is 12.1 Å². The van der Waals surface area contributed by atoms with E-state index in [0.29, 0.717) is 12.3 Å². The van der Waals surface area contributed by atoms with E-state index < -0.39 is 5.97 Å². The van der Waals surface area contributed by atoms with Crippen LogP contribution in [0.25, 0.3) is 0 Å². The smallest absolute Gasteiger partial charge is 0.337 e. The third-order valence-electron chi connectivity index (χ3n) is 4.65. The number of aliphatic hydroxyl groups is 1. The van der Waals surface area contributed by atoms with Gasteiger partial charge in [-0.05, 0) is 37.4 Å². The van der Waals surface area contributed by atoms with Gasteiger partial charge >= 0.3 is 5.97 Å². The van der Waals surface area contributed by atoms with Crippen molar-refractivity contribution < 1.29 is 24.2 Å². The maximum Gasteiger partial charge on any atom is 0.337 e. The minimum absolute atomic E-state index is 0.112. The van der Waals surface area contributed by atoms with Gasteiger partial charge in [-0.3, -0.25) is 4.79 Å². The van der Waals surface area contributed by atoms with Crippen LogP contribution in [0.2, 0.25) is 0 Å². The molecule has 8 nitrogen and oxygen atoms in total. The summed E-state index contributed by atoms with van der Waals surface area (Å²) in [5.74, 6) is -0.166. The van der Waals surface area contributed by atoms with Crippen molar-refractivity contribution in [1.82, 2.24) is 9.80 Å². The first-order chi connectivity index (χ1) is 13.5. The summed E-state index contributed by atoms with van der Waals surface area (Å²) in [6.45, 7) is 7.76. The summed E-state index contributed by atoms with van der Waals surface area (Å²) in [6, 6.07) is 7.20. The standard InChI is InChI=1S/C20H29N3O5/c1-4-22(5-2)11-13-28-16-8-6-15(7-9-16)21-18-17(20(26)27-3)14-23(10-12-24)19(18)25/h6-9,21,24H,4-5,10-14H2,1-3H3. The lowest BCUT2D eigenvalue weighted by molar-refractivity contribution is -0.136. The molecule has 0 atom stereocenters. The maximum absolute atomic E-state index is 12.5. The first-order valence-electron chi connectivity index (χ1n) is 9.47. The van der Waals surface area contributed by atoms with Crippen molar-refractivity contribution in [3.63, 3.8) is 0 Å². The Hall–Kier alpha value is -2.58. The highest BCUT2D eigenvalue weighted by molar-refractivity contribution is 6.08. The van der Waals surface area contributed by atoms with Crippen LogP contribution in [0.3, 0.4) is 0 Å². The van der Waals surface area contributed by atoms with Gasteiger partial charge in [0.2, 0.25) is 0 Å². The number of methoxy groups -OCH3 is 1. The van der Waals surface area contributed by atoms with Crippen LogP contribution in [0.4, 0.5) is 5.69 Å². The number of anilines is 1. The van der Waals surface area contributed by atoms with Crippen molar-refractivity contribution in [2.24, 2.45) is 0 Å². The molecule has 1 aliphatic heterocycles. The van der Waals surface area contributed by atoms with Crippen LogP contribution >= 0.6 is 0 Å². The number of carbonyl (C=O) groups excluding carboxylic acids is 2. The molecule has 0 radical (unpaired) electrons. The van der Waals surface area contributed by atoms with E-state index in [9.17, 15) is 9.59 Å². The molecule has 0 aliphatic carbocycles. The van der Waals surface area contributed by atoms with E-state index in [0.717, 1.165) is 25.4 Å². The van der Waals surface area contributed by atoms with Gasteiger partial charge in [0, 0.05) is 18.8 Å². The molecule has 1 aromatic rings. The van der Waals surface area contributed by atoms with Gasteiger partial charge in [0.25, 0.3) is 5.91 Å². The van der Waals surface area contributed by atoms with Crippen molar-refractivity contribution in [2.75, 3.05) is 58.4 Å². The topological polar surface area (TPSA) is 91.3 Å². The number of nitrogens with one attached hydrogen (secondary N) is 1. The summed E-state index contributed by atoms with van der Waals surface area (Å²) in [5, 5.41) is 12.1. The monoisotopic (exact) mass is 391 g/mol. The van der Waals surface area contributed by atoms with Crippen LogP contribution in [-0.4, -0.2) is 79.8 Å². The molecule has 0 aromatic heterocycles. The third kappa shape index (κ3) is 5.46. The molecule has 0 saturated heterocycles. The quantitative estimate of drug-likeness (QED) is 0.546. The Balaban J connectivity index is 2.02. The molecule has 0 fully saturated rings. The minimum Gasteiger partial charge on any atom is -0.492 e. The molecule has 1 aliphatic rings. The van der Waals surface area contributed by atoms with Gasteiger partial charge in [0.05, 0.1) is 25.8 Å². The number of amides is 1. The lowest BCUT2D eigenvalue weighted by Gasteiger charge is -2.18. The zero-order valence-electron chi connectivity index (χ0n) is 16.7. The Kier molecular flexibility index (Phi) is 8.28. The average Bonchev–Trinajstić information content (AvgIpc) is 3.02. The number of nitrogens with zero attached hydrogens (tertiary/aromatic N) is 2. The molecule has 2 N–H and O–H groups in total. The summed E-state index contributed by atoms with van der Waals surface area (Å²) in [6.07, 6.45) is 0. The summed E-state index contributed by atoms with van der Waals surface area (Å²) in [4.78, 5) is 28.2. The molecule has 154 valence electrons. The fourth-order valence-corrected chi connectivity index (χ4v) is 2.96. The Labute approximate surface area is 165 Å². The Morgan fingerprint density at radius 3 is 2.50 bits per heavy atom. The highest BCUT2D eigenvalue weighted by atomic mass is 16.5. The molecular weight excluding hydrogens is 362 g/mol. The predicted octanol–water partition coefficient (Wildman–Crippen LogP) is 1.08. The maximum atomic E-state index is 12.5. The van der Waals surface area contributed by atoms with Gasteiger partial charge in [-0.25, -0.2) is 4.79 Å². The second kappa shape index (κ2) is 10.7. The molecule has 1 amide bonds. The van der Waals surface area contributed by atoms with Crippen LogP contribution in [-0.2, 0) is 14.3 Å².